The molecule has 0 bridgehead atoms. The van der Waals surface area contributed by atoms with Crippen LogP contribution in [0.1, 0.15) is 162 Å². The maximum atomic E-state index is 11.9. The minimum absolute atomic E-state index is 0.0406. The second kappa shape index (κ2) is 25.6. The molecule has 0 aromatic rings. The molecular weight excluding hydrogens is 412 g/mol. The number of rotatable bonds is 25. The summed E-state index contributed by atoms with van der Waals surface area (Å²) in [5.74, 6) is -0.0890. The van der Waals surface area contributed by atoms with Gasteiger partial charge in [-0.2, -0.15) is 0 Å². The van der Waals surface area contributed by atoms with E-state index in [1.807, 2.05) is 6.92 Å². The molecule has 0 spiro atoms. The summed E-state index contributed by atoms with van der Waals surface area (Å²) in [5.41, 5.74) is 0. The van der Waals surface area contributed by atoms with Crippen molar-refractivity contribution in [1.29, 1.82) is 0 Å². The van der Waals surface area contributed by atoms with E-state index in [-0.39, 0.29) is 18.0 Å². The highest BCUT2D eigenvalue weighted by molar-refractivity contribution is 5.69. The van der Waals surface area contributed by atoms with Crippen molar-refractivity contribution in [3.63, 3.8) is 0 Å². The zero-order chi connectivity index (χ0) is 24.4. The van der Waals surface area contributed by atoms with Gasteiger partial charge in [-0.05, 0) is 39.0 Å². The largest absolute Gasteiger partial charge is 0.466 e. The SMILES string of the molecule is CCCCCCCCCCCOC(=O)CCCCCCCCC(=O)OC(C)CCCCCC. The van der Waals surface area contributed by atoms with Crippen LogP contribution in [-0.4, -0.2) is 24.6 Å². The standard InChI is InChI=1S/C29H56O4/c1-4-6-8-10-11-12-15-18-22-26-32-28(30)24-20-16-13-14-17-21-25-29(31)33-27(3)23-19-9-7-5-2/h27H,4-26H2,1-3H3. The lowest BCUT2D eigenvalue weighted by Crippen LogP contribution is -2.14. The fourth-order valence-electron chi connectivity index (χ4n) is 4.12. The van der Waals surface area contributed by atoms with Crippen LogP contribution in [0.4, 0.5) is 0 Å². The van der Waals surface area contributed by atoms with Gasteiger partial charge in [-0.25, -0.2) is 0 Å². The van der Waals surface area contributed by atoms with Gasteiger partial charge in [0.1, 0.15) is 0 Å². The molecule has 0 saturated carbocycles. The second-order valence-corrected chi connectivity index (χ2v) is 9.82. The molecule has 0 radical (unpaired) electrons. The Hall–Kier alpha value is -1.06. The number of esters is 2. The highest BCUT2D eigenvalue weighted by Crippen LogP contribution is 2.13. The Bertz CT molecular complexity index is 435. The summed E-state index contributed by atoms with van der Waals surface area (Å²) < 4.78 is 10.8. The third kappa shape index (κ3) is 25.4. The summed E-state index contributed by atoms with van der Waals surface area (Å²) in [7, 11) is 0. The number of hydrogen-bond donors (Lipinski definition) is 0. The van der Waals surface area contributed by atoms with E-state index in [4.69, 9.17) is 9.47 Å². The lowest BCUT2D eigenvalue weighted by atomic mass is 10.1. The Morgan fingerprint density at radius 3 is 1.52 bits per heavy atom. The molecule has 0 aromatic heterocycles. The molecule has 0 aliphatic heterocycles. The van der Waals surface area contributed by atoms with Gasteiger partial charge in [0, 0.05) is 12.8 Å². The first-order valence-corrected chi connectivity index (χ1v) is 14.4. The van der Waals surface area contributed by atoms with Gasteiger partial charge in [0.05, 0.1) is 12.7 Å². The average Bonchev–Trinajstić information content (AvgIpc) is 2.79. The van der Waals surface area contributed by atoms with Crippen LogP contribution >= 0.6 is 0 Å². The molecule has 4 nitrogen and oxygen atoms in total. The highest BCUT2D eigenvalue weighted by atomic mass is 16.5. The summed E-state index contributed by atoms with van der Waals surface area (Å²) in [6.07, 6.45) is 24.7. The van der Waals surface area contributed by atoms with Crippen molar-refractivity contribution in [2.24, 2.45) is 0 Å². The molecule has 0 saturated heterocycles. The first kappa shape index (κ1) is 31.9. The summed E-state index contributed by atoms with van der Waals surface area (Å²) in [4.78, 5) is 23.7. The number of ether oxygens (including phenoxy) is 2. The van der Waals surface area contributed by atoms with Gasteiger partial charge < -0.3 is 9.47 Å². The van der Waals surface area contributed by atoms with Gasteiger partial charge in [-0.1, -0.05) is 110 Å². The van der Waals surface area contributed by atoms with Crippen molar-refractivity contribution in [2.45, 2.75) is 168 Å². The van der Waals surface area contributed by atoms with Crippen molar-refractivity contribution in [2.75, 3.05) is 6.61 Å². The van der Waals surface area contributed by atoms with E-state index in [1.165, 1.54) is 70.6 Å². The van der Waals surface area contributed by atoms with Crippen molar-refractivity contribution in [3.05, 3.63) is 0 Å². The Balaban J connectivity index is 3.34. The molecule has 0 N–H and O–H groups in total. The van der Waals surface area contributed by atoms with E-state index in [0.717, 1.165) is 57.8 Å². The Labute approximate surface area is 206 Å². The molecule has 0 fully saturated rings. The molecule has 196 valence electrons. The molecule has 4 heteroatoms. The minimum atomic E-state index is -0.0484. The monoisotopic (exact) mass is 468 g/mol. The summed E-state index contributed by atoms with van der Waals surface area (Å²) in [6, 6.07) is 0. The van der Waals surface area contributed by atoms with Crippen LogP contribution in [0, 0.1) is 0 Å². The van der Waals surface area contributed by atoms with Crippen LogP contribution in [0.25, 0.3) is 0 Å². The topological polar surface area (TPSA) is 52.6 Å². The average molecular weight is 469 g/mol. The quantitative estimate of drug-likeness (QED) is 0.0990. The molecule has 1 atom stereocenters. The van der Waals surface area contributed by atoms with E-state index >= 15 is 0 Å². The number of carbonyl (C=O) groups excluding carboxylic acids is 2. The Kier molecular flexibility index (Phi) is 24.7. The predicted octanol–water partition coefficient (Wildman–Crippen LogP) is 9.08. The van der Waals surface area contributed by atoms with E-state index in [1.54, 1.807) is 0 Å². The molecule has 1 unspecified atom stereocenters. The number of hydrogen-bond acceptors (Lipinski definition) is 4. The molecule has 0 rings (SSSR count). The maximum absolute atomic E-state index is 11.9. The molecule has 0 aromatic carbocycles. The first-order chi connectivity index (χ1) is 16.1. The fraction of sp³-hybridized carbons (Fsp3) is 0.931. The van der Waals surface area contributed by atoms with Gasteiger partial charge in [0.2, 0.25) is 0 Å². The zero-order valence-corrected chi connectivity index (χ0v) is 22.5. The molecule has 33 heavy (non-hydrogen) atoms. The van der Waals surface area contributed by atoms with E-state index < -0.39 is 0 Å². The smallest absolute Gasteiger partial charge is 0.306 e. The van der Waals surface area contributed by atoms with Gasteiger partial charge in [0.25, 0.3) is 0 Å². The van der Waals surface area contributed by atoms with E-state index in [0.29, 0.717) is 19.4 Å². The lowest BCUT2D eigenvalue weighted by Gasteiger charge is -2.13. The van der Waals surface area contributed by atoms with Crippen molar-refractivity contribution in [1.82, 2.24) is 0 Å². The third-order valence-corrected chi connectivity index (χ3v) is 6.32. The molecule has 0 aliphatic rings. The van der Waals surface area contributed by atoms with E-state index in [2.05, 4.69) is 13.8 Å². The fourth-order valence-corrected chi connectivity index (χ4v) is 4.12. The van der Waals surface area contributed by atoms with Crippen LogP contribution in [0.15, 0.2) is 0 Å². The molecule has 0 heterocycles. The van der Waals surface area contributed by atoms with E-state index in [9.17, 15) is 9.59 Å². The van der Waals surface area contributed by atoms with Crippen molar-refractivity contribution in [3.8, 4) is 0 Å². The summed E-state index contributed by atoms with van der Waals surface area (Å²) >= 11 is 0. The minimum Gasteiger partial charge on any atom is -0.466 e. The van der Waals surface area contributed by atoms with Crippen LogP contribution in [0.5, 0.6) is 0 Å². The van der Waals surface area contributed by atoms with Gasteiger partial charge in [0.15, 0.2) is 0 Å². The third-order valence-electron chi connectivity index (χ3n) is 6.32. The maximum Gasteiger partial charge on any atom is 0.306 e. The lowest BCUT2D eigenvalue weighted by molar-refractivity contribution is -0.148. The van der Waals surface area contributed by atoms with Gasteiger partial charge in [-0.3, -0.25) is 9.59 Å². The van der Waals surface area contributed by atoms with Crippen LogP contribution in [0.2, 0.25) is 0 Å². The molecular formula is C29H56O4. The van der Waals surface area contributed by atoms with Crippen LogP contribution < -0.4 is 0 Å². The van der Waals surface area contributed by atoms with Crippen molar-refractivity contribution < 1.29 is 19.1 Å². The van der Waals surface area contributed by atoms with Gasteiger partial charge in [-0.15, -0.1) is 0 Å². The second-order valence-electron chi connectivity index (χ2n) is 9.82. The van der Waals surface area contributed by atoms with Crippen molar-refractivity contribution >= 4 is 11.9 Å². The van der Waals surface area contributed by atoms with Crippen LogP contribution in [-0.2, 0) is 19.1 Å². The normalized spacial score (nSPS) is 12.0. The zero-order valence-electron chi connectivity index (χ0n) is 22.5. The predicted molar refractivity (Wildman–Crippen MR) is 139 cm³/mol. The number of carbonyl (C=O) groups is 2. The number of unbranched alkanes of at least 4 members (excludes halogenated alkanes) is 16. The highest BCUT2D eigenvalue weighted by Gasteiger charge is 2.09. The summed E-state index contributed by atoms with van der Waals surface area (Å²) in [6.45, 7) is 7.05. The molecule has 0 aliphatic carbocycles. The van der Waals surface area contributed by atoms with Crippen LogP contribution in [0.3, 0.4) is 0 Å². The summed E-state index contributed by atoms with van der Waals surface area (Å²) in [5, 5.41) is 0. The Morgan fingerprint density at radius 1 is 0.545 bits per heavy atom. The molecule has 0 amide bonds. The van der Waals surface area contributed by atoms with Gasteiger partial charge >= 0.3 is 11.9 Å². The Morgan fingerprint density at radius 2 is 0.970 bits per heavy atom. The first-order valence-electron chi connectivity index (χ1n) is 14.4.